The van der Waals surface area contributed by atoms with E-state index in [1.54, 1.807) is 11.0 Å². The molecular formula is C18H22N4O4. The third kappa shape index (κ3) is 4.01. The molecular weight excluding hydrogens is 336 g/mol. The highest BCUT2D eigenvalue weighted by atomic mass is 16.3. The number of carbonyl (C=O) groups excluding carboxylic acids is 2. The number of aromatic nitrogens is 2. The van der Waals surface area contributed by atoms with Gasteiger partial charge in [-0.3, -0.25) is 14.4 Å². The summed E-state index contributed by atoms with van der Waals surface area (Å²) >= 11 is 0. The molecule has 3 rings (SSSR count). The predicted molar refractivity (Wildman–Crippen MR) is 93.9 cm³/mol. The van der Waals surface area contributed by atoms with Crippen LogP contribution in [-0.2, 0) is 6.54 Å². The van der Waals surface area contributed by atoms with E-state index in [2.05, 4.69) is 10.4 Å². The fraction of sp³-hybridized carbons (Fsp3) is 0.444. The molecule has 0 spiro atoms. The first kappa shape index (κ1) is 17.9. The SMILES string of the molecule is CCCn1nc(C(=O)NC2CCN(C(=O)c3ccoc3)CC2)ccc1=O. The third-order valence-electron chi connectivity index (χ3n) is 4.42. The fourth-order valence-corrected chi connectivity index (χ4v) is 3.00. The number of rotatable bonds is 5. The van der Waals surface area contributed by atoms with Crippen LogP contribution in [0.15, 0.2) is 39.9 Å². The van der Waals surface area contributed by atoms with Crippen LogP contribution in [0.5, 0.6) is 0 Å². The van der Waals surface area contributed by atoms with E-state index in [1.807, 2.05) is 6.92 Å². The van der Waals surface area contributed by atoms with Crippen molar-refractivity contribution in [2.24, 2.45) is 0 Å². The Morgan fingerprint density at radius 3 is 2.69 bits per heavy atom. The van der Waals surface area contributed by atoms with Gasteiger partial charge in [0.2, 0.25) is 0 Å². The lowest BCUT2D eigenvalue weighted by atomic mass is 10.0. The molecule has 26 heavy (non-hydrogen) atoms. The summed E-state index contributed by atoms with van der Waals surface area (Å²) in [6.07, 6.45) is 5.02. The first-order valence-corrected chi connectivity index (χ1v) is 8.79. The second-order valence-corrected chi connectivity index (χ2v) is 6.33. The number of likely N-dealkylation sites (tertiary alicyclic amines) is 1. The molecule has 3 heterocycles. The molecule has 1 fully saturated rings. The van der Waals surface area contributed by atoms with Crippen molar-refractivity contribution < 1.29 is 14.0 Å². The summed E-state index contributed by atoms with van der Waals surface area (Å²) in [5.41, 5.74) is 0.555. The Morgan fingerprint density at radius 2 is 2.04 bits per heavy atom. The number of aryl methyl sites for hydroxylation is 1. The third-order valence-corrected chi connectivity index (χ3v) is 4.42. The Hall–Kier alpha value is -2.90. The number of piperidine rings is 1. The summed E-state index contributed by atoms with van der Waals surface area (Å²) in [4.78, 5) is 38.1. The van der Waals surface area contributed by atoms with Crippen LogP contribution in [0.4, 0.5) is 0 Å². The van der Waals surface area contributed by atoms with Gasteiger partial charge in [-0.15, -0.1) is 0 Å². The minimum absolute atomic E-state index is 0.0238. The highest BCUT2D eigenvalue weighted by Crippen LogP contribution is 2.14. The first-order chi connectivity index (χ1) is 12.6. The molecule has 1 aliphatic heterocycles. The molecule has 2 amide bonds. The average molecular weight is 358 g/mol. The average Bonchev–Trinajstić information content (AvgIpc) is 3.18. The molecule has 0 unspecified atom stereocenters. The molecule has 1 aliphatic rings. The maximum atomic E-state index is 12.4. The molecule has 0 radical (unpaired) electrons. The lowest BCUT2D eigenvalue weighted by Crippen LogP contribution is -2.46. The fourth-order valence-electron chi connectivity index (χ4n) is 3.00. The van der Waals surface area contributed by atoms with Crippen molar-refractivity contribution in [1.82, 2.24) is 20.0 Å². The Labute approximate surface area is 150 Å². The molecule has 8 nitrogen and oxygen atoms in total. The highest BCUT2D eigenvalue weighted by molar-refractivity contribution is 5.94. The zero-order valence-electron chi connectivity index (χ0n) is 14.7. The predicted octanol–water partition coefficient (Wildman–Crippen LogP) is 1.28. The van der Waals surface area contributed by atoms with E-state index in [1.165, 1.54) is 29.3 Å². The van der Waals surface area contributed by atoms with Gasteiger partial charge in [0, 0.05) is 31.7 Å². The smallest absolute Gasteiger partial charge is 0.271 e. The Balaban J connectivity index is 1.56. The van der Waals surface area contributed by atoms with Gasteiger partial charge >= 0.3 is 0 Å². The number of nitrogens with one attached hydrogen (secondary N) is 1. The van der Waals surface area contributed by atoms with Crippen molar-refractivity contribution in [3.8, 4) is 0 Å². The number of nitrogens with zero attached hydrogens (tertiary/aromatic N) is 3. The lowest BCUT2D eigenvalue weighted by Gasteiger charge is -2.32. The van der Waals surface area contributed by atoms with Gasteiger partial charge in [-0.05, 0) is 31.4 Å². The monoisotopic (exact) mass is 358 g/mol. The summed E-state index contributed by atoms with van der Waals surface area (Å²) in [7, 11) is 0. The van der Waals surface area contributed by atoms with E-state index in [0.29, 0.717) is 38.0 Å². The number of hydrogen-bond acceptors (Lipinski definition) is 5. The van der Waals surface area contributed by atoms with Crippen LogP contribution >= 0.6 is 0 Å². The largest absolute Gasteiger partial charge is 0.472 e. The van der Waals surface area contributed by atoms with E-state index < -0.39 is 0 Å². The topological polar surface area (TPSA) is 97.4 Å². The van der Waals surface area contributed by atoms with Crippen LogP contribution in [0.2, 0.25) is 0 Å². The van der Waals surface area contributed by atoms with Crippen molar-refractivity contribution in [3.05, 3.63) is 52.3 Å². The van der Waals surface area contributed by atoms with Crippen molar-refractivity contribution in [2.75, 3.05) is 13.1 Å². The second-order valence-electron chi connectivity index (χ2n) is 6.33. The molecule has 1 saturated heterocycles. The normalized spacial score (nSPS) is 15.0. The Kier molecular flexibility index (Phi) is 5.50. The molecule has 0 atom stereocenters. The van der Waals surface area contributed by atoms with Crippen LogP contribution in [0, 0.1) is 0 Å². The molecule has 2 aromatic rings. The second kappa shape index (κ2) is 7.99. The van der Waals surface area contributed by atoms with Crippen molar-refractivity contribution in [1.29, 1.82) is 0 Å². The Morgan fingerprint density at radius 1 is 1.27 bits per heavy atom. The lowest BCUT2D eigenvalue weighted by molar-refractivity contribution is 0.0697. The van der Waals surface area contributed by atoms with Gasteiger partial charge in [0.25, 0.3) is 17.4 Å². The standard InChI is InChI=1S/C18H22N4O4/c1-2-8-22-16(23)4-3-15(20-22)17(24)19-14-5-9-21(10-6-14)18(25)13-7-11-26-12-13/h3-4,7,11-12,14H,2,5-6,8-10H2,1H3,(H,19,24). The Bertz CT molecular complexity index is 820. The summed E-state index contributed by atoms with van der Waals surface area (Å²) in [6, 6.07) is 4.43. The number of furan rings is 1. The van der Waals surface area contributed by atoms with Gasteiger partial charge in [0.15, 0.2) is 0 Å². The van der Waals surface area contributed by atoms with Gasteiger partial charge in [-0.2, -0.15) is 5.10 Å². The molecule has 0 saturated carbocycles. The number of amides is 2. The maximum Gasteiger partial charge on any atom is 0.271 e. The van der Waals surface area contributed by atoms with E-state index in [-0.39, 0.29) is 29.1 Å². The van der Waals surface area contributed by atoms with Crippen LogP contribution in [0.25, 0.3) is 0 Å². The van der Waals surface area contributed by atoms with Crippen LogP contribution in [0.1, 0.15) is 47.0 Å². The van der Waals surface area contributed by atoms with Gasteiger partial charge < -0.3 is 14.6 Å². The maximum absolute atomic E-state index is 12.4. The van der Waals surface area contributed by atoms with E-state index in [9.17, 15) is 14.4 Å². The van der Waals surface area contributed by atoms with Crippen molar-refractivity contribution >= 4 is 11.8 Å². The number of hydrogen-bond donors (Lipinski definition) is 1. The van der Waals surface area contributed by atoms with Gasteiger partial charge in [-0.25, -0.2) is 4.68 Å². The van der Waals surface area contributed by atoms with Gasteiger partial charge in [-0.1, -0.05) is 6.92 Å². The number of carbonyl (C=O) groups is 2. The molecule has 1 N–H and O–H groups in total. The molecule has 8 heteroatoms. The van der Waals surface area contributed by atoms with E-state index >= 15 is 0 Å². The zero-order valence-corrected chi connectivity index (χ0v) is 14.7. The highest BCUT2D eigenvalue weighted by Gasteiger charge is 2.25. The minimum Gasteiger partial charge on any atom is -0.472 e. The summed E-state index contributed by atoms with van der Waals surface area (Å²) in [5, 5.41) is 7.07. The zero-order chi connectivity index (χ0) is 18.5. The van der Waals surface area contributed by atoms with Crippen molar-refractivity contribution in [3.63, 3.8) is 0 Å². The molecule has 138 valence electrons. The van der Waals surface area contributed by atoms with E-state index in [0.717, 1.165) is 6.42 Å². The van der Waals surface area contributed by atoms with E-state index in [4.69, 9.17) is 4.42 Å². The van der Waals surface area contributed by atoms with Crippen LogP contribution in [-0.4, -0.2) is 45.6 Å². The minimum atomic E-state index is -0.297. The van der Waals surface area contributed by atoms with Gasteiger partial charge in [0.1, 0.15) is 12.0 Å². The van der Waals surface area contributed by atoms with Gasteiger partial charge in [0.05, 0.1) is 11.8 Å². The summed E-state index contributed by atoms with van der Waals surface area (Å²) in [5.74, 6) is -0.355. The molecule has 0 aliphatic carbocycles. The molecule has 0 aromatic carbocycles. The summed E-state index contributed by atoms with van der Waals surface area (Å²) < 4.78 is 6.26. The molecule has 0 bridgehead atoms. The van der Waals surface area contributed by atoms with Crippen LogP contribution in [0.3, 0.4) is 0 Å². The van der Waals surface area contributed by atoms with Crippen molar-refractivity contribution in [2.45, 2.75) is 38.8 Å². The first-order valence-electron chi connectivity index (χ1n) is 8.79. The van der Waals surface area contributed by atoms with Crippen LogP contribution < -0.4 is 10.9 Å². The quantitative estimate of drug-likeness (QED) is 0.868. The summed E-state index contributed by atoms with van der Waals surface area (Å²) in [6.45, 7) is 3.56. The molecule has 2 aromatic heterocycles.